The van der Waals surface area contributed by atoms with Gasteiger partial charge in [0, 0.05) is 18.4 Å². The first kappa shape index (κ1) is 11.7. The van der Waals surface area contributed by atoms with Gasteiger partial charge in [0.1, 0.15) is 5.60 Å². The molecular weight excluding hydrogens is 230 g/mol. The van der Waals surface area contributed by atoms with Crippen LogP contribution in [-0.4, -0.2) is 33.3 Å². The first-order chi connectivity index (χ1) is 8.51. The normalized spacial score (nSPS) is 22.1. The number of hydrogen-bond acceptors (Lipinski definition) is 4. The summed E-state index contributed by atoms with van der Waals surface area (Å²) in [5.74, 6) is 0.904. The van der Waals surface area contributed by atoms with Gasteiger partial charge in [0.15, 0.2) is 5.82 Å². The van der Waals surface area contributed by atoms with Crippen molar-refractivity contribution in [3.05, 3.63) is 22.7 Å². The van der Waals surface area contributed by atoms with Crippen LogP contribution >= 0.6 is 0 Å². The molecule has 0 unspecified atom stereocenters. The summed E-state index contributed by atoms with van der Waals surface area (Å²) in [6.07, 6.45) is 5.60. The molecule has 98 valence electrons. The molecule has 2 aliphatic rings. The lowest BCUT2D eigenvalue weighted by Crippen LogP contribution is -2.64. The van der Waals surface area contributed by atoms with Crippen LogP contribution in [0.3, 0.4) is 0 Å². The van der Waals surface area contributed by atoms with Crippen LogP contribution in [0.15, 0.2) is 17.2 Å². The van der Waals surface area contributed by atoms with Gasteiger partial charge in [-0.1, -0.05) is 0 Å². The molecule has 5 nitrogen and oxygen atoms in total. The van der Waals surface area contributed by atoms with E-state index in [2.05, 4.69) is 4.98 Å². The molecule has 1 N–H and O–H groups in total. The molecule has 1 aromatic rings. The molecule has 0 spiro atoms. The highest BCUT2D eigenvalue weighted by molar-refractivity contribution is 5.42. The van der Waals surface area contributed by atoms with Crippen LogP contribution in [0.5, 0.6) is 0 Å². The van der Waals surface area contributed by atoms with Gasteiger partial charge in [-0.25, -0.2) is 4.98 Å². The lowest BCUT2D eigenvalue weighted by atomic mass is 9.89. The molecule has 1 saturated carbocycles. The minimum atomic E-state index is -0.577. The van der Waals surface area contributed by atoms with Crippen molar-refractivity contribution in [3.63, 3.8) is 0 Å². The molecular formula is C13H19N3O2. The second kappa shape index (κ2) is 3.82. The van der Waals surface area contributed by atoms with E-state index in [0.29, 0.717) is 24.8 Å². The summed E-state index contributed by atoms with van der Waals surface area (Å²) in [6, 6.07) is 0.128. The zero-order valence-electron chi connectivity index (χ0n) is 10.8. The molecule has 18 heavy (non-hydrogen) atoms. The van der Waals surface area contributed by atoms with Gasteiger partial charge in [-0.05, 0) is 32.6 Å². The number of rotatable bonds is 3. The molecule has 1 aromatic heterocycles. The van der Waals surface area contributed by atoms with Gasteiger partial charge in [0.2, 0.25) is 0 Å². The number of aliphatic hydroxyl groups is 1. The Morgan fingerprint density at radius 1 is 1.44 bits per heavy atom. The Morgan fingerprint density at radius 3 is 2.67 bits per heavy atom. The Balaban J connectivity index is 1.82. The number of nitrogens with zero attached hydrogens (tertiary/aromatic N) is 3. The Hall–Kier alpha value is -1.36. The van der Waals surface area contributed by atoms with Crippen molar-refractivity contribution in [2.45, 2.75) is 38.3 Å². The largest absolute Gasteiger partial charge is 0.386 e. The van der Waals surface area contributed by atoms with E-state index in [1.165, 1.54) is 0 Å². The standard InChI is InChI=1S/C13H19N3O2/c1-9(2)16-6-5-14-11(12(16)17)15-7-13(18,8-15)10-3-4-10/h5-6,9-10,18H,3-4,7-8H2,1-2H3. The summed E-state index contributed by atoms with van der Waals surface area (Å²) in [5.41, 5.74) is -0.641. The number of aromatic nitrogens is 2. The van der Waals surface area contributed by atoms with Crippen LogP contribution in [0.2, 0.25) is 0 Å². The smallest absolute Gasteiger partial charge is 0.293 e. The van der Waals surface area contributed by atoms with Crippen molar-refractivity contribution in [3.8, 4) is 0 Å². The van der Waals surface area contributed by atoms with E-state index in [-0.39, 0.29) is 11.6 Å². The average Bonchev–Trinajstić information content (AvgIpc) is 3.09. The SMILES string of the molecule is CC(C)n1ccnc(N2CC(O)(C3CC3)C2)c1=O. The van der Waals surface area contributed by atoms with Gasteiger partial charge in [-0.3, -0.25) is 4.79 Å². The summed E-state index contributed by atoms with van der Waals surface area (Å²) in [4.78, 5) is 18.3. The third-order valence-electron chi connectivity index (χ3n) is 3.97. The maximum absolute atomic E-state index is 12.2. The fourth-order valence-electron chi connectivity index (χ4n) is 2.68. The molecule has 0 amide bonds. The van der Waals surface area contributed by atoms with Crippen LogP contribution in [0.4, 0.5) is 5.82 Å². The minimum absolute atomic E-state index is 0.0645. The summed E-state index contributed by atoms with van der Waals surface area (Å²) >= 11 is 0. The maximum atomic E-state index is 12.2. The van der Waals surface area contributed by atoms with Crippen molar-refractivity contribution in [1.29, 1.82) is 0 Å². The average molecular weight is 249 g/mol. The number of anilines is 1. The second-order valence-electron chi connectivity index (χ2n) is 5.79. The van der Waals surface area contributed by atoms with E-state index >= 15 is 0 Å². The van der Waals surface area contributed by atoms with E-state index in [1.54, 1.807) is 17.0 Å². The predicted molar refractivity (Wildman–Crippen MR) is 68.8 cm³/mol. The van der Waals surface area contributed by atoms with Gasteiger partial charge in [-0.2, -0.15) is 0 Å². The zero-order chi connectivity index (χ0) is 12.9. The van der Waals surface area contributed by atoms with Crippen molar-refractivity contribution in [1.82, 2.24) is 9.55 Å². The molecule has 2 fully saturated rings. The quantitative estimate of drug-likeness (QED) is 0.860. The monoisotopic (exact) mass is 249 g/mol. The van der Waals surface area contributed by atoms with E-state index < -0.39 is 5.60 Å². The maximum Gasteiger partial charge on any atom is 0.293 e. The van der Waals surface area contributed by atoms with Gasteiger partial charge in [0.05, 0.1) is 13.1 Å². The first-order valence-electron chi connectivity index (χ1n) is 6.56. The molecule has 0 aromatic carbocycles. The molecule has 2 heterocycles. The van der Waals surface area contributed by atoms with Crippen LogP contribution in [0.1, 0.15) is 32.7 Å². The van der Waals surface area contributed by atoms with Crippen LogP contribution < -0.4 is 10.5 Å². The molecule has 1 aliphatic heterocycles. The third kappa shape index (κ3) is 1.73. The zero-order valence-corrected chi connectivity index (χ0v) is 10.8. The molecule has 5 heteroatoms. The lowest BCUT2D eigenvalue weighted by Gasteiger charge is -2.47. The topological polar surface area (TPSA) is 58.4 Å². The van der Waals surface area contributed by atoms with Crippen LogP contribution in [-0.2, 0) is 0 Å². The summed E-state index contributed by atoms with van der Waals surface area (Å²) in [6.45, 7) is 5.04. The first-order valence-corrected chi connectivity index (χ1v) is 6.56. The Bertz CT molecular complexity index is 513. The van der Waals surface area contributed by atoms with Gasteiger partial charge in [-0.15, -0.1) is 0 Å². The number of hydrogen-bond donors (Lipinski definition) is 1. The fraction of sp³-hybridized carbons (Fsp3) is 0.692. The molecule has 1 aliphatic carbocycles. The third-order valence-corrected chi connectivity index (χ3v) is 3.97. The fourth-order valence-corrected chi connectivity index (χ4v) is 2.68. The highest BCUT2D eigenvalue weighted by atomic mass is 16.3. The Morgan fingerprint density at radius 2 is 2.11 bits per heavy atom. The Labute approximate surface area is 106 Å². The van der Waals surface area contributed by atoms with Crippen molar-refractivity contribution in [2.24, 2.45) is 5.92 Å². The summed E-state index contributed by atoms with van der Waals surface area (Å²) in [5, 5.41) is 10.3. The second-order valence-corrected chi connectivity index (χ2v) is 5.79. The van der Waals surface area contributed by atoms with Gasteiger partial charge >= 0.3 is 0 Å². The van der Waals surface area contributed by atoms with E-state index in [0.717, 1.165) is 12.8 Å². The highest BCUT2D eigenvalue weighted by Crippen LogP contribution is 2.44. The van der Waals surface area contributed by atoms with Crippen molar-refractivity contribution < 1.29 is 5.11 Å². The van der Waals surface area contributed by atoms with Crippen molar-refractivity contribution in [2.75, 3.05) is 18.0 Å². The van der Waals surface area contributed by atoms with Crippen LogP contribution in [0.25, 0.3) is 0 Å². The highest BCUT2D eigenvalue weighted by Gasteiger charge is 2.52. The molecule has 1 saturated heterocycles. The molecule has 0 radical (unpaired) electrons. The van der Waals surface area contributed by atoms with E-state index in [4.69, 9.17) is 0 Å². The van der Waals surface area contributed by atoms with Gasteiger partial charge in [0.25, 0.3) is 5.56 Å². The van der Waals surface area contributed by atoms with Crippen LogP contribution in [0, 0.1) is 5.92 Å². The molecule has 0 atom stereocenters. The van der Waals surface area contributed by atoms with Gasteiger partial charge < -0.3 is 14.6 Å². The van der Waals surface area contributed by atoms with E-state index in [9.17, 15) is 9.90 Å². The lowest BCUT2D eigenvalue weighted by molar-refractivity contribution is -0.00994. The minimum Gasteiger partial charge on any atom is -0.386 e. The summed E-state index contributed by atoms with van der Waals surface area (Å²) in [7, 11) is 0. The van der Waals surface area contributed by atoms with E-state index in [1.807, 2.05) is 18.7 Å². The van der Waals surface area contributed by atoms with Crippen molar-refractivity contribution >= 4 is 5.82 Å². The Kier molecular flexibility index (Phi) is 2.48. The number of β-amino-alcohol motifs (C(OH)–C–C–N with tert-alkyl or cyclic N) is 1. The predicted octanol–water partition coefficient (Wildman–Crippen LogP) is 0.785. The molecule has 0 bridgehead atoms. The molecule has 3 rings (SSSR count). The summed E-state index contributed by atoms with van der Waals surface area (Å²) < 4.78 is 1.68.